The van der Waals surface area contributed by atoms with Crippen molar-refractivity contribution < 1.29 is 4.79 Å². The fraction of sp³-hybridized carbons (Fsp3) is 0.333. The third-order valence-corrected chi connectivity index (χ3v) is 4.07. The third kappa shape index (κ3) is 3.57. The first-order chi connectivity index (χ1) is 9.92. The van der Waals surface area contributed by atoms with Crippen molar-refractivity contribution >= 4 is 34.7 Å². The number of aromatic nitrogens is 2. The van der Waals surface area contributed by atoms with Crippen molar-refractivity contribution in [2.24, 2.45) is 0 Å². The Balaban J connectivity index is 2.16. The van der Waals surface area contributed by atoms with E-state index < -0.39 is 0 Å². The van der Waals surface area contributed by atoms with Gasteiger partial charge in [0, 0.05) is 17.8 Å². The van der Waals surface area contributed by atoms with Crippen molar-refractivity contribution in [2.75, 3.05) is 5.73 Å². The van der Waals surface area contributed by atoms with Crippen LogP contribution in [0.25, 0.3) is 0 Å². The Morgan fingerprint density at radius 2 is 2.00 bits per heavy atom. The molecule has 1 atom stereocenters. The molecule has 0 spiro atoms. The van der Waals surface area contributed by atoms with Crippen molar-refractivity contribution in [3.05, 3.63) is 45.7 Å². The summed E-state index contributed by atoms with van der Waals surface area (Å²) in [5, 5.41) is 4.99. The minimum Gasteiger partial charge on any atom is -0.396 e. The van der Waals surface area contributed by atoms with Crippen LogP contribution in [0.5, 0.6) is 0 Å². The number of hydrogen-bond donors (Lipinski definition) is 1. The summed E-state index contributed by atoms with van der Waals surface area (Å²) >= 11 is 11.9. The predicted octanol–water partition coefficient (Wildman–Crippen LogP) is 4.17. The Labute approximate surface area is 133 Å². The molecule has 21 heavy (non-hydrogen) atoms. The van der Waals surface area contributed by atoms with Gasteiger partial charge in [-0.25, -0.2) is 0 Å². The second-order valence-corrected chi connectivity index (χ2v) is 5.81. The van der Waals surface area contributed by atoms with Gasteiger partial charge in [0.1, 0.15) is 0 Å². The number of carbonyl (C=O) groups excluding carboxylic acids is 1. The maximum atomic E-state index is 12.3. The summed E-state index contributed by atoms with van der Waals surface area (Å²) in [4.78, 5) is 12.3. The van der Waals surface area contributed by atoms with E-state index in [2.05, 4.69) is 18.9 Å². The number of Topliss-reactive ketones (excluding diaryl/α,β-unsaturated/α-hetero) is 1. The molecular weight excluding hydrogens is 309 g/mol. The number of nitrogens with zero attached hydrogens (tertiary/aromatic N) is 2. The van der Waals surface area contributed by atoms with E-state index in [9.17, 15) is 4.79 Å². The van der Waals surface area contributed by atoms with E-state index in [1.165, 1.54) is 12.1 Å². The minimum absolute atomic E-state index is 0.0896. The topological polar surface area (TPSA) is 60.9 Å². The fourth-order valence-electron chi connectivity index (χ4n) is 1.92. The lowest BCUT2D eigenvalue weighted by molar-refractivity contribution is 0.0991. The number of rotatable bonds is 5. The van der Waals surface area contributed by atoms with Crippen LogP contribution in [-0.4, -0.2) is 15.6 Å². The molecule has 0 bridgehead atoms. The van der Waals surface area contributed by atoms with Gasteiger partial charge in [-0.05, 0) is 31.5 Å². The summed E-state index contributed by atoms with van der Waals surface area (Å²) in [6, 6.07) is 5.24. The quantitative estimate of drug-likeness (QED) is 0.663. The molecule has 1 aromatic heterocycles. The van der Waals surface area contributed by atoms with Gasteiger partial charge in [-0.1, -0.05) is 30.1 Å². The average molecular weight is 326 g/mol. The van der Waals surface area contributed by atoms with Crippen LogP contribution in [0.3, 0.4) is 0 Å². The molecule has 4 nitrogen and oxygen atoms in total. The van der Waals surface area contributed by atoms with Crippen LogP contribution in [-0.2, 0) is 6.42 Å². The van der Waals surface area contributed by atoms with Crippen LogP contribution in [0.15, 0.2) is 24.4 Å². The van der Waals surface area contributed by atoms with E-state index in [0.29, 0.717) is 11.6 Å². The normalized spacial score (nSPS) is 12.4. The number of nitrogen functional groups attached to an aromatic ring is 1. The highest BCUT2D eigenvalue weighted by molar-refractivity contribution is 6.39. The van der Waals surface area contributed by atoms with Crippen molar-refractivity contribution in [3.8, 4) is 0 Å². The number of benzene rings is 1. The lowest BCUT2D eigenvalue weighted by atomic mass is 10.1. The zero-order chi connectivity index (χ0) is 15.6. The molecule has 0 radical (unpaired) electrons. The summed E-state index contributed by atoms with van der Waals surface area (Å²) in [6.45, 7) is 4.17. The smallest absolute Gasteiger partial charge is 0.168 e. The van der Waals surface area contributed by atoms with Crippen LogP contribution < -0.4 is 5.73 Å². The second kappa shape index (κ2) is 6.50. The largest absolute Gasteiger partial charge is 0.396 e. The first-order valence-electron chi connectivity index (χ1n) is 6.74. The number of nitrogens with two attached hydrogens (primary N) is 1. The lowest BCUT2D eigenvalue weighted by Gasteiger charge is -2.08. The SMILES string of the molecule is CCC(C)n1ccc(CC(=O)c2cc(Cl)c(N)c(Cl)c2)n1. The van der Waals surface area contributed by atoms with Crippen molar-refractivity contribution in [1.82, 2.24) is 9.78 Å². The minimum atomic E-state index is -0.0896. The molecule has 6 heteroatoms. The Hall–Kier alpha value is -1.52. The highest BCUT2D eigenvalue weighted by Crippen LogP contribution is 2.29. The summed E-state index contributed by atoms with van der Waals surface area (Å²) in [6.07, 6.45) is 3.08. The highest BCUT2D eigenvalue weighted by atomic mass is 35.5. The first kappa shape index (κ1) is 15.9. The van der Waals surface area contributed by atoms with E-state index in [0.717, 1.165) is 12.1 Å². The van der Waals surface area contributed by atoms with Crippen LogP contribution in [0, 0.1) is 0 Å². The molecule has 1 unspecified atom stereocenters. The number of anilines is 1. The monoisotopic (exact) mass is 325 g/mol. The Morgan fingerprint density at radius 1 is 1.38 bits per heavy atom. The van der Waals surface area contributed by atoms with E-state index in [1.54, 1.807) is 0 Å². The standard InChI is InChI=1S/C15H17Cl2N3O/c1-3-9(2)20-5-4-11(19-20)8-14(21)10-6-12(16)15(18)13(17)7-10/h4-7,9H,3,8,18H2,1-2H3. The molecule has 0 aliphatic carbocycles. The molecular formula is C15H17Cl2N3O. The molecule has 2 aromatic rings. The highest BCUT2D eigenvalue weighted by Gasteiger charge is 2.14. The molecule has 2 N–H and O–H groups in total. The van der Waals surface area contributed by atoms with Gasteiger partial charge in [0.2, 0.25) is 0 Å². The summed E-state index contributed by atoms with van der Waals surface area (Å²) in [5.74, 6) is -0.0896. The van der Waals surface area contributed by atoms with E-state index in [-0.39, 0.29) is 27.9 Å². The summed E-state index contributed by atoms with van der Waals surface area (Å²) in [5.41, 5.74) is 7.12. The van der Waals surface area contributed by atoms with Crippen molar-refractivity contribution in [3.63, 3.8) is 0 Å². The van der Waals surface area contributed by atoms with Gasteiger partial charge >= 0.3 is 0 Å². The second-order valence-electron chi connectivity index (χ2n) is 5.00. The van der Waals surface area contributed by atoms with Gasteiger partial charge in [0.05, 0.1) is 27.8 Å². The van der Waals surface area contributed by atoms with Crippen LogP contribution in [0.4, 0.5) is 5.69 Å². The number of carbonyl (C=O) groups is 1. The van der Waals surface area contributed by atoms with Gasteiger partial charge in [0.25, 0.3) is 0 Å². The summed E-state index contributed by atoms with van der Waals surface area (Å²) in [7, 11) is 0. The number of ketones is 1. The Morgan fingerprint density at radius 3 is 2.57 bits per heavy atom. The van der Waals surface area contributed by atoms with E-state index in [1.807, 2.05) is 16.9 Å². The molecule has 0 saturated heterocycles. The molecule has 1 heterocycles. The van der Waals surface area contributed by atoms with Crippen LogP contribution >= 0.6 is 23.2 Å². The Kier molecular flexibility index (Phi) is 4.91. The van der Waals surface area contributed by atoms with Crippen molar-refractivity contribution in [2.45, 2.75) is 32.7 Å². The molecule has 0 fully saturated rings. The van der Waals surface area contributed by atoms with Gasteiger partial charge in [-0.3, -0.25) is 9.48 Å². The van der Waals surface area contributed by atoms with Crippen molar-refractivity contribution in [1.29, 1.82) is 0 Å². The molecule has 112 valence electrons. The Bertz CT molecular complexity index is 644. The number of halogens is 2. The molecule has 0 amide bonds. The zero-order valence-electron chi connectivity index (χ0n) is 11.9. The van der Waals surface area contributed by atoms with Crippen LogP contribution in [0.1, 0.15) is 42.4 Å². The lowest BCUT2D eigenvalue weighted by Crippen LogP contribution is -2.08. The van der Waals surface area contributed by atoms with E-state index in [4.69, 9.17) is 28.9 Å². The summed E-state index contributed by atoms with van der Waals surface area (Å²) < 4.78 is 1.87. The average Bonchev–Trinajstić information content (AvgIpc) is 2.91. The van der Waals surface area contributed by atoms with Gasteiger partial charge in [-0.2, -0.15) is 5.10 Å². The van der Waals surface area contributed by atoms with Gasteiger partial charge < -0.3 is 5.73 Å². The third-order valence-electron chi connectivity index (χ3n) is 3.45. The van der Waals surface area contributed by atoms with Gasteiger partial charge in [-0.15, -0.1) is 0 Å². The number of hydrogen-bond acceptors (Lipinski definition) is 3. The van der Waals surface area contributed by atoms with Crippen LogP contribution in [0.2, 0.25) is 10.0 Å². The molecule has 0 aliphatic heterocycles. The first-order valence-corrected chi connectivity index (χ1v) is 7.49. The molecule has 2 rings (SSSR count). The fourth-order valence-corrected chi connectivity index (χ4v) is 2.40. The molecule has 0 aliphatic rings. The zero-order valence-corrected chi connectivity index (χ0v) is 13.4. The van der Waals surface area contributed by atoms with E-state index >= 15 is 0 Å². The predicted molar refractivity (Wildman–Crippen MR) is 86.1 cm³/mol. The van der Waals surface area contributed by atoms with Gasteiger partial charge in [0.15, 0.2) is 5.78 Å². The maximum Gasteiger partial charge on any atom is 0.168 e. The molecule has 1 aromatic carbocycles. The maximum absolute atomic E-state index is 12.3. The molecule has 0 saturated carbocycles.